The smallest absolute Gasteiger partial charge is 0.314 e. The molecular formula is C22H21FN2O5. The Balaban J connectivity index is 1.62. The summed E-state index contributed by atoms with van der Waals surface area (Å²) in [6.07, 6.45) is -0.143. The monoisotopic (exact) mass is 412 g/mol. The van der Waals surface area contributed by atoms with Gasteiger partial charge < -0.3 is 15.4 Å². The van der Waals surface area contributed by atoms with E-state index in [1.807, 2.05) is 0 Å². The van der Waals surface area contributed by atoms with Crippen molar-refractivity contribution in [2.24, 2.45) is 5.92 Å². The number of carbonyl (C=O) groups excluding carboxylic acids is 4. The highest BCUT2D eigenvalue weighted by Crippen LogP contribution is 2.33. The number of rotatable bonds is 6. The Kier molecular flexibility index (Phi) is 6.25. The van der Waals surface area contributed by atoms with Gasteiger partial charge in [-0.25, -0.2) is 4.39 Å². The van der Waals surface area contributed by atoms with Gasteiger partial charge in [-0.3, -0.25) is 19.2 Å². The maximum atomic E-state index is 13.4. The molecule has 1 aliphatic heterocycles. The van der Waals surface area contributed by atoms with Gasteiger partial charge in [-0.05, 0) is 42.0 Å². The number of halogens is 1. The van der Waals surface area contributed by atoms with Crippen molar-refractivity contribution < 1.29 is 28.3 Å². The van der Waals surface area contributed by atoms with Crippen molar-refractivity contribution in [1.29, 1.82) is 0 Å². The van der Waals surface area contributed by atoms with Crippen molar-refractivity contribution in [3.05, 3.63) is 59.4 Å². The predicted octanol–water partition coefficient (Wildman–Crippen LogP) is 3.27. The lowest BCUT2D eigenvalue weighted by Gasteiger charge is -2.24. The molecule has 3 rings (SSSR count). The van der Waals surface area contributed by atoms with E-state index in [1.54, 1.807) is 26.0 Å². The summed E-state index contributed by atoms with van der Waals surface area (Å²) < 4.78 is 18.5. The number of carbonyl (C=O) groups is 4. The lowest BCUT2D eigenvalue weighted by Crippen LogP contribution is -2.29. The Morgan fingerprint density at radius 2 is 1.87 bits per heavy atom. The molecule has 1 heterocycles. The Hall–Kier alpha value is -3.55. The van der Waals surface area contributed by atoms with Gasteiger partial charge in [0, 0.05) is 29.3 Å². The van der Waals surface area contributed by atoms with Gasteiger partial charge in [0.1, 0.15) is 5.82 Å². The standard InChI is InChI=1S/C22H21FN2O5/c1-12(2)21(28)24-15-6-3-13(4-7-15)19(26)11-30-22(29)17-10-20(27)25-18-9-14(23)5-8-16(17)18/h3-9,12,17H,10-11H2,1-2H3,(H,24,28)(H,25,27). The molecule has 0 spiro atoms. The number of amides is 2. The molecule has 2 aromatic rings. The fraction of sp³-hybridized carbons (Fsp3) is 0.273. The van der Waals surface area contributed by atoms with Gasteiger partial charge in [-0.2, -0.15) is 0 Å². The van der Waals surface area contributed by atoms with Crippen molar-refractivity contribution in [3.63, 3.8) is 0 Å². The third-order valence-electron chi connectivity index (χ3n) is 4.68. The van der Waals surface area contributed by atoms with Crippen LogP contribution in [0.25, 0.3) is 0 Å². The second-order valence-electron chi connectivity index (χ2n) is 7.29. The molecule has 156 valence electrons. The topological polar surface area (TPSA) is 102 Å². The second-order valence-corrected chi connectivity index (χ2v) is 7.29. The number of nitrogens with one attached hydrogen (secondary N) is 2. The van der Waals surface area contributed by atoms with Crippen LogP contribution in [-0.2, 0) is 19.1 Å². The van der Waals surface area contributed by atoms with E-state index in [0.29, 0.717) is 16.8 Å². The van der Waals surface area contributed by atoms with Gasteiger partial charge in [0.05, 0.1) is 5.92 Å². The zero-order valence-corrected chi connectivity index (χ0v) is 16.5. The SMILES string of the molecule is CC(C)C(=O)Nc1ccc(C(=O)COC(=O)C2CC(=O)Nc3cc(F)ccc32)cc1. The van der Waals surface area contributed by atoms with Crippen LogP contribution in [0, 0.1) is 11.7 Å². The molecule has 0 radical (unpaired) electrons. The van der Waals surface area contributed by atoms with E-state index < -0.39 is 36.0 Å². The number of ether oxygens (including phenoxy) is 1. The molecule has 0 aliphatic carbocycles. The maximum absolute atomic E-state index is 13.4. The highest BCUT2D eigenvalue weighted by atomic mass is 19.1. The Morgan fingerprint density at radius 3 is 2.53 bits per heavy atom. The van der Waals surface area contributed by atoms with Crippen LogP contribution in [-0.4, -0.2) is 30.2 Å². The summed E-state index contributed by atoms with van der Waals surface area (Å²) in [7, 11) is 0. The molecule has 30 heavy (non-hydrogen) atoms. The van der Waals surface area contributed by atoms with Crippen LogP contribution in [0.1, 0.15) is 42.1 Å². The normalized spacial score (nSPS) is 15.2. The third-order valence-corrected chi connectivity index (χ3v) is 4.68. The number of ketones is 1. The molecule has 0 saturated heterocycles. The summed E-state index contributed by atoms with van der Waals surface area (Å²) in [6.45, 7) is 3.05. The quantitative estimate of drug-likeness (QED) is 0.560. The molecule has 1 atom stereocenters. The van der Waals surface area contributed by atoms with Gasteiger partial charge in [0.25, 0.3) is 0 Å². The minimum absolute atomic E-state index is 0.139. The summed E-state index contributed by atoms with van der Waals surface area (Å²) in [5.74, 6) is -3.34. The summed E-state index contributed by atoms with van der Waals surface area (Å²) in [5, 5.41) is 5.24. The Bertz CT molecular complexity index is 1000. The van der Waals surface area contributed by atoms with E-state index in [1.165, 1.54) is 24.3 Å². The molecule has 0 fully saturated rings. The van der Waals surface area contributed by atoms with Crippen LogP contribution in [0.4, 0.5) is 15.8 Å². The largest absolute Gasteiger partial charge is 0.457 e. The Labute approximate surface area is 172 Å². The van der Waals surface area contributed by atoms with Gasteiger partial charge in [-0.1, -0.05) is 19.9 Å². The van der Waals surface area contributed by atoms with E-state index in [2.05, 4.69) is 10.6 Å². The molecule has 8 heteroatoms. The first kappa shape index (κ1) is 21.2. The van der Waals surface area contributed by atoms with E-state index in [4.69, 9.17) is 4.74 Å². The number of Topliss-reactive ketones (excluding diaryl/α,β-unsaturated/α-hetero) is 1. The van der Waals surface area contributed by atoms with Crippen molar-refractivity contribution in [2.75, 3.05) is 17.2 Å². The lowest BCUT2D eigenvalue weighted by atomic mass is 9.90. The van der Waals surface area contributed by atoms with E-state index in [9.17, 15) is 23.6 Å². The summed E-state index contributed by atoms with van der Waals surface area (Å²) in [5.41, 5.74) is 1.53. The first-order chi connectivity index (χ1) is 14.2. The number of benzene rings is 2. The number of esters is 1. The fourth-order valence-electron chi connectivity index (χ4n) is 2.99. The van der Waals surface area contributed by atoms with Crippen molar-refractivity contribution >= 4 is 34.9 Å². The van der Waals surface area contributed by atoms with Crippen LogP contribution in [0.5, 0.6) is 0 Å². The minimum atomic E-state index is -0.907. The van der Waals surface area contributed by atoms with Crippen LogP contribution >= 0.6 is 0 Å². The molecule has 0 aromatic heterocycles. The molecule has 0 bridgehead atoms. The molecule has 7 nitrogen and oxygen atoms in total. The van der Waals surface area contributed by atoms with Crippen molar-refractivity contribution in [1.82, 2.24) is 0 Å². The Morgan fingerprint density at radius 1 is 1.17 bits per heavy atom. The predicted molar refractivity (Wildman–Crippen MR) is 108 cm³/mol. The summed E-state index contributed by atoms with van der Waals surface area (Å²) >= 11 is 0. The summed E-state index contributed by atoms with van der Waals surface area (Å²) in [6, 6.07) is 9.98. The van der Waals surface area contributed by atoms with E-state index >= 15 is 0 Å². The summed E-state index contributed by atoms with van der Waals surface area (Å²) in [4.78, 5) is 48.3. The second kappa shape index (κ2) is 8.86. The van der Waals surface area contributed by atoms with Crippen LogP contribution in [0.15, 0.2) is 42.5 Å². The molecule has 1 unspecified atom stereocenters. The molecule has 2 aromatic carbocycles. The molecule has 2 N–H and O–H groups in total. The molecule has 1 aliphatic rings. The van der Waals surface area contributed by atoms with Gasteiger partial charge in [0.2, 0.25) is 11.8 Å². The van der Waals surface area contributed by atoms with Crippen LogP contribution < -0.4 is 10.6 Å². The number of hydrogen-bond acceptors (Lipinski definition) is 5. The average molecular weight is 412 g/mol. The first-order valence-electron chi connectivity index (χ1n) is 9.44. The maximum Gasteiger partial charge on any atom is 0.314 e. The zero-order chi connectivity index (χ0) is 21.8. The minimum Gasteiger partial charge on any atom is -0.457 e. The van der Waals surface area contributed by atoms with Crippen molar-refractivity contribution in [3.8, 4) is 0 Å². The fourth-order valence-corrected chi connectivity index (χ4v) is 2.99. The first-order valence-corrected chi connectivity index (χ1v) is 9.44. The van der Waals surface area contributed by atoms with Gasteiger partial charge in [0.15, 0.2) is 12.4 Å². The van der Waals surface area contributed by atoms with E-state index in [0.717, 1.165) is 6.07 Å². The third kappa shape index (κ3) is 4.89. The average Bonchev–Trinajstić information content (AvgIpc) is 2.71. The highest BCUT2D eigenvalue weighted by molar-refractivity contribution is 6.02. The molecule has 2 amide bonds. The van der Waals surface area contributed by atoms with Crippen LogP contribution in [0.3, 0.4) is 0 Å². The van der Waals surface area contributed by atoms with E-state index in [-0.39, 0.29) is 23.9 Å². The zero-order valence-electron chi connectivity index (χ0n) is 16.5. The number of anilines is 2. The van der Waals surface area contributed by atoms with Crippen molar-refractivity contribution in [2.45, 2.75) is 26.2 Å². The van der Waals surface area contributed by atoms with Gasteiger partial charge in [-0.15, -0.1) is 0 Å². The number of fused-ring (bicyclic) bond motifs is 1. The van der Waals surface area contributed by atoms with Crippen LogP contribution in [0.2, 0.25) is 0 Å². The molecule has 0 saturated carbocycles. The van der Waals surface area contributed by atoms with Gasteiger partial charge >= 0.3 is 5.97 Å². The number of hydrogen-bond donors (Lipinski definition) is 2. The lowest BCUT2D eigenvalue weighted by molar-refractivity contribution is -0.145. The molecular weight excluding hydrogens is 391 g/mol. The highest BCUT2D eigenvalue weighted by Gasteiger charge is 2.32.